The Morgan fingerprint density at radius 3 is 2.67 bits per heavy atom. The summed E-state index contributed by atoms with van der Waals surface area (Å²) in [5.74, 6) is -2.87. The van der Waals surface area contributed by atoms with Gasteiger partial charge in [-0.2, -0.15) is 13.2 Å². The van der Waals surface area contributed by atoms with Crippen LogP contribution in [0.25, 0.3) is 0 Å². The maximum absolute atomic E-state index is 14.8. The van der Waals surface area contributed by atoms with Crippen LogP contribution in [0.1, 0.15) is 30.9 Å². The van der Waals surface area contributed by atoms with Gasteiger partial charge in [-0.1, -0.05) is 24.1 Å². The molecule has 0 radical (unpaired) electrons. The van der Waals surface area contributed by atoms with Gasteiger partial charge in [0.05, 0.1) is 12.6 Å². The number of rotatable bonds is 5. The van der Waals surface area contributed by atoms with E-state index in [2.05, 4.69) is 16.0 Å². The number of carbonyl (C=O) groups is 2. The highest BCUT2D eigenvalue weighted by atomic mass is 35.5. The van der Waals surface area contributed by atoms with Gasteiger partial charge in [0.25, 0.3) is 0 Å². The van der Waals surface area contributed by atoms with Crippen LogP contribution < -0.4 is 16.0 Å². The van der Waals surface area contributed by atoms with Gasteiger partial charge in [-0.3, -0.25) is 9.69 Å². The van der Waals surface area contributed by atoms with Gasteiger partial charge in [-0.05, 0) is 25.5 Å². The first-order chi connectivity index (χ1) is 14.1. The Morgan fingerprint density at radius 1 is 1.30 bits per heavy atom. The Labute approximate surface area is 174 Å². The summed E-state index contributed by atoms with van der Waals surface area (Å²) >= 11 is 5.67. The molecular formula is C18H20ClF5N4O2. The van der Waals surface area contributed by atoms with E-state index < -0.39 is 59.4 Å². The first kappa shape index (κ1) is 22.5. The molecule has 0 aromatic heterocycles. The molecule has 1 aromatic rings. The van der Waals surface area contributed by atoms with E-state index in [1.54, 1.807) is 0 Å². The second-order valence-electron chi connectivity index (χ2n) is 7.31. The second-order valence-corrected chi connectivity index (χ2v) is 7.68. The van der Waals surface area contributed by atoms with Crippen LogP contribution in [0.4, 0.5) is 26.7 Å². The highest BCUT2D eigenvalue weighted by Gasteiger charge is 2.41. The fourth-order valence-corrected chi connectivity index (χ4v) is 4.02. The highest BCUT2D eigenvalue weighted by molar-refractivity contribution is 6.31. The van der Waals surface area contributed by atoms with Crippen molar-refractivity contribution < 1.29 is 31.5 Å². The van der Waals surface area contributed by atoms with E-state index >= 15 is 0 Å². The summed E-state index contributed by atoms with van der Waals surface area (Å²) in [6.07, 6.45) is -3.15. The van der Waals surface area contributed by atoms with Gasteiger partial charge in [0, 0.05) is 18.2 Å². The first-order valence-electron chi connectivity index (χ1n) is 9.36. The smallest absolute Gasteiger partial charge is 0.346 e. The molecule has 3 N–H and O–H groups in total. The summed E-state index contributed by atoms with van der Waals surface area (Å²) in [6.45, 7) is -1.15. The molecule has 12 heteroatoms. The van der Waals surface area contributed by atoms with E-state index in [4.69, 9.17) is 11.6 Å². The van der Waals surface area contributed by atoms with Crippen LogP contribution in [0.5, 0.6) is 0 Å². The minimum Gasteiger partial charge on any atom is -0.346 e. The van der Waals surface area contributed by atoms with Crippen molar-refractivity contribution in [3.05, 3.63) is 34.4 Å². The summed E-state index contributed by atoms with van der Waals surface area (Å²) in [5, 5.41) is 6.50. The largest absolute Gasteiger partial charge is 0.401 e. The van der Waals surface area contributed by atoms with Crippen molar-refractivity contribution in [2.75, 3.05) is 19.6 Å². The standard InChI is InChI=1S/C18H20ClF5N4O2/c19-13-10(20)5-4-9(14(13)21)15(27-16(29)11-7-25-17(30)26-11)12-3-1-2-6-28(12)8-18(22,23)24/h4-5,11-12,15H,1-3,6-8H2,(H,27,29)(H2,25,26,30)/t11-,12+,15+/m0/s1. The van der Waals surface area contributed by atoms with Gasteiger partial charge in [0.1, 0.15) is 22.7 Å². The summed E-state index contributed by atoms with van der Waals surface area (Å²) < 4.78 is 67.7. The van der Waals surface area contributed by atoms with Crippen molar-refractivity contribution in [1.82, 2.24) is 20.9 Å². The van der Waals surface area contributed by atoms with Crippen LogP contribution in [0.15, 0.2) is 12.1 Å². The van der Waals surface area contributed by atoms with Crippen LogP contribution in [0, 0.1) is 11.6 Å². The van der Waals surface area contributed by atoms with E-state index in [0.29, 0.717) is 12.8 Å². The Balaban J connectivity index is 1.95. The lowest BCUT2D eigenvalue weighted by Gasteiger charge is -2.41. The Hall–Kier alpha value is -2.14. The van der Waals surface area contributed by atoms with Crippen molar-refractivity contribution in [3.8, 4) is 0 Å². The summed E-state index contributed by atoms with van der Waals surface area (Å²) in [5.41, 5.74) is -0.217. The number of urea groups is 1. The summed E-state index contributed by atoms with van der Waals surface area (Å²) in [6, 6.07) is -1.71. The van der Waals surface area contributed by atoms with E-state index in [0.717, 1.165) is 17.0 Å². The molecule has 30 heavy (non-hydrogen) atoms. The van der Waals surface area contributed by atoms with Crippen LogP contribution in [0.3, 0.4) is 0 Å². The Morgan fingerprint density at radius 2 is 2.03 bits per heavy atom. The van der Waals surface area contributed by atoms with Crippen LogP contribution in [0.2, 0.25) is 5.02 Å². The maximum atomic E-state index is 14.8. The SMILES string of the molecule is O=C1NC[C@@H](C(=O)N[C@H](c2ccc(F)c(Cl)c2F)[C@H]2CCCCN2CC(F)(F)F)N1. The molecule has 0 unspecified atom stereocenters. The number of piperidine rings is 1. The van der Waals surface area contributed by atoms with Crippen molar-refractivity contribution in [1.29, 1.82) is 0 Å². The lowest BCUT2D eigenvalue weighted by atomic mass is 9.90. The zero-order valence-electron chi connectivity index (χ0n) is 15.7. The fourth-order valence-electron chi connectivity index (χ4n) is 3.85. The summed E-state index contributed by atoms with van der Waals surface area (Å²) in [4.78, 5) is 25.1. The molecule has 3 rings (SSSR count). The topological polar surface area (TPSA) is 73.5 Å². The van der Waals surface area contributed by atoms with Crippen LogP contribution in [-0.2, 0) is 4.79 Å². The maximum Gasteiger partial charge on any atom is 0.401 e. The van der Waals surface area contributed by atoms with Crippen molar-refractivity contribution in [2.24, 2.45) is 0 Å². The molecule has 6 nitrogen and oxygen atoms in total. The van der Waals surface area contributed by atoms with Crippen LogP contribution in [-0.4, -0.2) is 54.7 Å². The minimum absolute atomic E-state index is 0.0268. The monoisotopic (exact) mass is 454 g/mol. The lowest BCUT2D eigenvalue weighted by molar-refractivity contribution is -0.155. The zero-order chi connectivity index (χ0) is 22.1. The van der Waals surface area contributed by atoms with Gasteiger partial charge < -0.3 is 16.0 Å². The molecule has 166 valence electrons. The van der Waals surface area contributed by atoms with Crippen molar-refractivity contribution >= 4 is 23.5 Å². The number of alkyl halides is 3. The average Bonchev–Trinajstić information content (AvgIpc) is 3.11. The molecule has 3 atom stereocenters. The van der Waals surface area contributed by atoms with Gasteiger partial charge in [-0.25, -0.2) is 13.6 Å². The van der Waals surface area contributed by atoms with E-state index in [1.165, 1.54) is 0 Å². The Kier molecular flexibility index (Phi) is 6.71. The molecule has 0 bridgehead atoms. The van der Waals surface area contributed by atoms with Gasteiger partial charge in [0.15, 0.2) is 0 Å². The van der Waals surface area contributed by atoms with Gasteiger partial charge in [0.2, 0.25) is 5.91 Å². The number of amides is 3. The second kappa shape index (κ2) is 8.93. The van der Waals surface area contributed by atoms with E-state index in [9.17, 15) is 31.5 Å². The number of nitrogens with one attached hydrogen (secondary N) is 3. The van der Waals surface area contributed by atoms with Gasteiger partial charge in [-0.15, -0.1) is 0 Å². The number of benzene rings is 1. The molecule has 2 aliphatic rings. The lowest BCUT2D eigenvalue weighted by Crippen LogP contribution is -2.54. The molecule has 0 aliphatic carbocycles. The molecule has 2 heterocycles. The fraction of sp³-hybridized carbons (Fsp3) is 0.556. The Bertz CT molecular complexity index is 823. The van der Waals surface area contributed by atoms with Crippen molar-refractivity contribution in [3.63, 3.8) is 0 Å². The van der Waals surface area contributed by atoms with E-state index in [-0.39, 0.29) is 25.1 Å². The third-order valence-corrected chi connectivity index (χ3v) is 5.56. The average molecular weight is 455 g/mol. The number of carbonyl (C=O) groups excluding carboxylic acids is 2. The predicted octanol–water partition coefficient (Wildman–Crippen LogP) is 2.87. The molecule has 2 fully saturated rings. The number of likely N-dealkylation sites (tertiary alicyclic amines) is 1. The number of hydrogen-bond acceptors (Lipinski definition) is 3. The van der Waals surface area contributed by atoms with Crippen LogP contribution >= 0.6 is 11.6 Å². The molecule has 0 saturated carbocycles. The molecular weight excluding hydrogens is 435 g/mol. The molecule has 0 spiro atoms. The molecule has 2 saturated heterocycles. The van der Waals surface area contributed by atoms with Gasteiger partial charge >= 0.3 is 12.2 Å². The highest BCUT2D eigenvalue weighted by Crippen LogP contribution is 2.34. The molecule has 1 aromatic carbocycles. The third kappa shape index (κ3) is 5.12. The van der Waals surface area contributed by atoms with E-state index in [1.807, 2.05) is 0 Å². The molecule has 2 aliphatic heterocycles. The number of halogens is 6. The van der Waals surface area contributed by atoms with Crippen molar-refractivity contribution in [2.45, 2.75) is 43.6 Å². The predicted molar refractivity (Wildman–Crippen MR) is 97.8 cm³/mol. The number of nitrogens with zero attached hydrogens (tertiary/aromatic N) is 1. The zero-order valence-corrected chi connectivity index (χ0v) is 16.4. The summed E-state index contributed by atoms with van der Waals surface area (Å²) in [7, 11) is 0. The quantitative estimate of drug-likeness (QED) is 0.473. The molecule has 3 amide bonds. The number of hydrogen-bond donors (Lipinski definition) is 3. The normalized spacial score (nSPS) is 23.6. The first-order valence-corrected chi connectivity index (χ1v) is 9.73. The third-order valence-electron chi connectivity index (χ3n) is 5.22. The minimum atomic E-state index is -4.49.